The van der Waals surface area contributed by atoms with Crippen LogP contribution in [0.15, 0.2) is 29.1 Å². The van der Waals surface area contributed by atoms with Gasteiger partial charge in [0.2, 0.25) is 11.2 Å². The molecule has 3 aromatic rings. The molecule has 1 aliphatic rings. The lowest BCUT2D eigenvalue weighted by Crippen LogP contribution is -2.44. The molecule has 3 heterocycles. The Morgan fingerprint density at radius 3 is 2.39 bits per heavy atom. The summed E-state index contributed by atoms with van der Waals surface area (Å²) >= 11 is 6.27. The van der Waals surface area contributed by atoms with Gasteiger partial charge in [0.1, 0.15) is 5.52 Å². The van der Waals surface area contributed by atoms with Gasteiger partial charge in [0.25, 0.3) is 0 Å². The summed E-state index contributed by atoms with van der Waals surface area (Å²) in [6.45, 7) is 5.09. The summed E-state index contributed by atoms with van der Waals surface area (Å²) in [6, 6.07) is 6.93. The lowest BCUT2D eigenvalue weighted by molar-refractivity contribution is -0.192. The number of hydrogen-bond acceptors (Lipinski definition) is 7. The highest BCUT2D eigenvalue weighted by molar-refractivity contribution is 6.28. The lowest BCUT2D eigenvalue weighted by Gasteiger charge is -2.28. The highest BCUT2D eigenvalue weighted by atomic mass is 35.5. The Balaban J connectivity index is 0.000000505. The van der Waals surface area contributed by atoms with E-state index in [0.29, 0.717) is 28.1 Å². The average Bonchev–Trinajstić information content (AvgIpc) is 3.13. The number of carbonyl (C=O) groups is 2. The van der Waals surface area contributed by atoms with Crippen molar-refractivity contribution in [2.45, 2.75) is 26.2 Å². The van der Waals surface area contributed by atoms with Crippen molar-refractivity contribution in [3.8, 4) is 11.8 Å². The zero-order valence-electron chi connectivity index (χ0n) is 20.0. The Morgan fingerprint density at radius 2 is 1.82 bits per heavy atom. The smallest absolute Gasteiger partial charge is 0.475 e. The van der Waals surface area contributed by atoms with E-state index in [9.17, 15) is 22.8 Å². The fourth-order valence-corrected chi connectivity index (χ4v) is 3.94. The quantitative estimate of drug-likeness (QED) is 0.318. The number of piperazine rings is 1. The van der Waals surface area contributed by atoms with E-state index in [-0.39, 0.29) is 24.1 Å². The number of nitrogens with one attached hydrogen (secondary N) is 1. The van der Waals surface area contributed by atoms with Crippen LogP contribution in [0.4, 0.5) is 19.0 Å². The summed E-state index contributed by atoms with van der Waals surface area (Å²) in [6.07, 6.45) is -5.08. The number of hydrogen-bond donors (Lipinski definition) is 3. The minimum atomic E-state index is -5.08. The fourth-order valence-electron chi connectivity index (χ4n) is 3.78. The molecule has 0 aliphatic carbocycles. The summed E-state index contributed by atoms with van der Waals surface area (Å²) in [5.41, 5.74) is 7.18. The van der Waals surface area contributed by atoms with Gasteiger partial charge < -0.3 is 21.1 Å². The van der Waals surface area contributed by atoms with Crippen LogP contribution in [0, 0.1) is 11.8 Å². The Hall–Kier alpha value is -4.09. The van der Waals surface area contributed by atoms with E-state index in [1.165, 1.54) is 4.57 Å². The Labute approximate surface area is 219 Å². The molecule has 0 radical (unpaired) electrons. The molecule has 4 N–H and O–H groups in total. The first-order valence-corrected chi connectivity index (χ1v) is 11.5. The van der Waals surface area contributed by atoms with E-state index in [0.717, 1.165) is 26.2 Å². The monoisotopic (exact) mass is 553 g/mol. The number of alkyl halides is 3. The molecular weight excluding hydrogens is 531 g/mol. The number of amides is 1. The number of carbonyl (C=O) groups excluding carboxylic acids is 1. The van der Waals surface area contributed by atoms with Gasteiger partial charge in [0, 0.05) is 31.7 Å². The van der Waals surface area contributed by atoms with Gasteiger partial charge in [-0.15, -0.1) is 5.92 Å². The van der Waals surface area contributed by atoms with Crippen LogP contribution in [-0.4, -0.2) is 68.4 Å². The number of carboxylic acid groups (broad SMARTS) is 1. The number of rotatable bonds is 5. The third kappa shape index (κ3) is 6.42. The predicted octanol–water partition coefficient (Wildman–Crippen LogP) is 1.46. The van der Waals surface area contributed by atoms with Crippen LogP contribution in [0.1, 0.15) is 22.8 Å². The molecule has 0 bridgehead atoms. The van der Waals surface area contributed by atoms with Crippen molar-refractivity contribution < 1.29 is 27.9 Å². The van der Waals surface area contributed by atoms with Crippen LogP contribution in [0.3, 0.4) is 0 Å². The first-order valence-electron chi connectivity index (χ1n) is 11.1. The van der Waals surface area contributed by atoms with Crippen LogP contribution < -0.4 is 21.6 Å². The number of aliphatic carboxylic acids is 1. The molecule has 0 saturated carbocycles. The largest absolute Gasteiger partial charge is 0.490 e. The van der Waals surface area contributed by atoms with E-state index in [2.05, 4.69) is 32.0 Å². The van der Waals surface area contributed by atoms with Gasteiger partial charge >= 0.3 is 17.8 Å². The Morgan fingerprint density at radius 1 is 1.18 bits per heavy atom. The molecule has 202 valence electrons. The van der Waals surface area contributed by atoms with E-state index in [1.54, 1.807) is 35.8 Å². The molecule has 1 aromatic carbocycles. The number of halogens is 4. The topological polar surface area (TPSA) is 148 Å². The first kappa shape index (κ1) is 28.5. The number of nitrogens with two attached hydrogens (primary N) is 1. The van der Waals surface area contributed by atoms with Gasteiger partial charge in [0.05, 0.1) is 13.1 Å². The minimum Gasteiger partial charge on any atom is -0.475 e. The number of aromatic nitrogens is 4. The van der Waals surface area contributed by atoms with Crippen molar-refractivity contribution in [3.63, 3.8) is 0 Å². The normalized spacial score (nSPS) is 13.3. The van der Waals surface area contributed by atoms with Crippen LogP contribution in [0.2, 0.25) is 5.28 Å². The first-order chi connectivity index (χ1) is 18.0. The number of primary amides is 1. The van der Waals surface area contributed by atoms with Crippen LogP contribution in [0.5, 0.6) is 0 Å². The summed E-state index contributed by atoms with van der Waals surface area (Å²) < 4.78 is 34.8. The molecule has 0 unspecified atom stereocenters. The maximum atomic E-state index is 13.4. The van der Waals surface area contributed by atoms with E-state index < -0.39 is 18.1 Å². The van der Waals surface area contributed by atoms with E-state index in [1.807, 2.05) is 0 Å². The molecule has 0 spiro atoms. The summed E-state index contributed by atoms with van der Waals surface area (Å²) in [5, 5.41) is 10.5. The molecule has 1 amide bonds. The van der Waals surface area contributed by atoms with Gasteiger partial charge in [0.15, 0.2) is 11.5 Å². The standard InChI is InChI=1S/C21H22ClN7O2.C2HF3O2/c1-2-3-10-28-16-18(27-11-8-24-9-12-27)25-20(22)26-19(16)29(21(28)31)13-14-6-4-5-7-15(14)17(23)30;3-2(4,5)1(6)7/h4-7,24H,8-13H2,1H3,(H2,23,30);(H,6,7). The van der Waals surface area contributed by atoms with Crippen molar-refractivity contribution in [2.75, 3.05) is 31.1 Å². The molecule has 15 heteroatoms. The number of fused-ring (bicyclic) bond motifs is 1. The minimum absolute atomic E-state index is 0.0525. The van der Waals surface area contributed by atoms with Crippen molar-refractivity contribution in [3.05, 3.63) is 51.2 Å². The Bertz CT molecular complexity index is 1470. The molecule has 2 aromatic heterocycles. The second-order valence-corrected chi connectivity index (χ2v) is 8.27. The van der Waals surface area contributed by atoms with E-state index in [4.69, 9.17) is 27.2 Å². The van der Waals surface area contributed by atoms with E-state index >= 15 is 0 Å². The van der Waals surface area contributed by atoms with Crippen molar-refractivity contribution in [1.29, 1.82) is 0 Å². The third-order valence-corrected chi connectivity index (χ3v) is 5.66. The number of nitrogens with zero attached hydrogens (tertiary/aromatic N) is 5. The van der Waals surface area contributed by atoms with Gasteiger partial charge in [-0.05, 0) is 30.2 Å². The highest BCUT2D eigenvalue weighted by Gasteiger charge is 2.38. The number of benzene rings is 1. The summed E-state index contributed by atoms with van der Waals surface area (Å²) in [5.74, 6) is 3.08. The van der Waals surface area contributed by atoms with Crippen LogP contribution >= 0.6 is 11.6 Å². The zero-order chi connectivity index (χ0) is 28.0. The summed E-state index contributed by atoms with van der Waals surface area (Å²) in [4.78, 5) is 45.1. The molecule has 1 saturated heterocycles. The van der Waals surface area contributed by atoms with Crippen molar-refractivity contribution in [1.82, 2.24) is 24.4 Å². The summed E-state index contributed by atoms with van der Waals surface area (Å²) in [7, 11) is 0. The van der Waals surface area contributed by atoms with Gasteiger partial charge in [-0.2, -0.15) is 23.1 Å². The highest BCUT2D eigenvalue weighted by Crippen LogP contribution is 2.26. The molecule has 4 rings (SSSR count). The lowest BCUT2D eigenvalue weighted by atomic mass is 10.1. The second kappa shape index (κ2) is 12.0. The average molecular weight is 554 g/mol. The van der Waals surface area contributed by atoms with Crippen LogP contribution in [-0.2, 0) is 17.9 Å². The number of imidazole rings is 1. The Kier molecular flexibility index (Phi) is 8.97. The van der Waals surface area contributed by atoms with Crippen LogP contribution in [0.25, 0.3) is 11.2 Å². The van der Waals surface area contributed by atoms with Gasteiger partial charge in [-0.1, -0.05) is 24.1 Å². The molecule has 0 atom stereocenters. The van der Waals surface area contributed by atoms with Crippen molar-refractivity contribution in [2.24, 2.45) is 5.73 Å². The molecular formula is C23H23ClF3N7O4. The zero-order valence-corrected chi connectivity index (χ0v) is 20.8. The molecule has 1 aliphatic heterocycles. The third-order valence-electron chi connectivity index (χ3n) is 5.49. The number of carboxylic acids is 1. The fraction of sp³-hybridized carbons (Fsp3) is 0.348. The van der Waals surface area contributed by atoms with Crippen molar-refractivity contribution >= 4 is 40.5 Å². The maximum Gasteiger partial charge on any atom is 0.490 e. The van der Waals surface area contributed by atoms with Gasteiger partial charge in [-0.25, -0.2) is 9.59 Å². The molecule has 38 heavy (non-hydrogen) atoms. The second-order valence-electron chi connectivity index (χ2n) is 7.93. The SMILES string of the molecule is CC#CCn1c(=O)n(Cc2ccccc2C(N)=O)c2nc(Cl)nc(N3CCNCC3)c21.O=C(O)C(F)(F)F. The molecule has 11 nitrogen and oxygen atoms in total. The maximum absolute atomic E-state index is 13.4. The molecule has 1 fully saturated rings. The van der Waals surface area contributed by atoms with Gasteiger partial charge in [-0.3, -0.25) is 13.9 Å². The number of anilines is 1. The predicted molar refractivity (Wildman–Crippen MR) is 133 cm³/mol.